The maximum atomic E-state index is 10.9. The number of benzene rings is 1. The first-order valence-corrected chi connectivity index (χ1v) is 5.69. The van der Waals surface area contributed by atoms with Crippen LogP contribution in [0.1, 0.15) is 10.5 Å². The molecule has 1 N–H and O–H groups in total. The van der Waals surface area contributed by atoms with Crippen molar-refractivity contribution in [1.29, 1.82) is 0 Å². The lowest BCUT2D eigenvalue weighted by molar-refractivity contribution is 0.0690. The van der Waals surface area contributed by atoms with Gasteiger partial charge in [-0.05, 0) is 30.3 Å². The summed E-state index contributed by atoms with van der Waals surface area (Å²) in [7, 11) is 1.57. The number of rotatable bonds is 4. The summed E-state index contributed by atoms with van der Waals surface area (Å²) in [5, 5.41) is 8.97. The summed E-state index contributed by atoms with van der Waals surface area (Å²) in [5.74, 6) is 0.173. The summed E-state index contributed by atoms with van der Waals surface area (Å²) in [6.07, 6.45) is 0. The van der Waals surface area contributed by atoms with Gasteiger partial charge < -0.3 is 14.6 Å². The highest BCUT2D eigenvalue weighted by Crippen LogP contribution is 2.24. The third-order valence-electron chi connectivity index (χ3n) is 2.30. The van der Waals surface area contributed by atoms with E-state index in [1.807, 2.05) is 0 Å². The molecule has 98 valence electrons. The SMILES string of the molecule is COc1ccc(Oc2ccc(Cl)c(C(=O)O)n2)cc1. The van der Waals surface area contributed by atoms with Gasteiger partial charge in [0.1, 0.15) is 11.5 Å². The van der Waals surface area contributed by atoms with Crippen LogP contribution in [0.15, 0.2) is 36.4 Å². The van der Waals surface area contributed by atoms with E-state index >= 15 is 0 Å². The second-order valence-corrected chi connectivity index (χ2v) is 3.97. The molecule has 1 aromatic carbocycles. The first kappa shape index (κ1) is 13.2. The molecule has 2 rings (SSSR count). The van der Waals surface area contributed by atoms with E-state index in [2.05, 4.69) is 4.98 Å². The van der Waals surface area contributed by atoms with Gasteiger partial charge in [0.05, 0.1) is 12.1 Å². The Bertz CT molecular complexity index is 598. The Morgan fingerprint density at radius 2 is 1.79 bits per heavy atom. The summed E-state index contributed by atoms with van der Waals surface area (Å²) in [6.45, 7) is 0. The molecule has 0 fully saturated rings. The highest BCUT2D eigenvalue weighted by atomic mass is 35.5. The number of pyridine rings is 1. The van der Waals surface area contributed by atoms with Crippen molar-refractivity contribution in [2.45, 2.75) is 0 Å². The summed E-state index contributed by atoms with van der Waals surface area (Å²) < 4.78 is 10.5. The second-order valence-electron chi connectivity index (χ2n) is 3.56. The van der Waals surface area contributed by atoms with Crippen molar-refractivity contribution in [3.63, 3.8) is 0 Å². The fraction of sp³-hybridized carbons (Fsp3) is 0.0769. The largest absolute Gasteiger partial charge is 0.497 e. The smallest absolute Gasteiger partial charge is 0.356 e. The molecular weight excluding hydrogens is 270 g/mol. The van der Waals surface area contributed by atoms with Crippen LogP contribution in [-0.2, 0) is 0 Å². The van der Waals surface area contributed by atoms with Crippen LogP contribution in [0, 0.1) is 0 Å². The van der Waals surface area contributed by atoms with Gasteiger partial charge in [0.15, 0.2) is 5.69 Å². The fourth-order valence-corrected chi connectivity index (χ4v) is 1.58. The van der Waals surface area contributed by atoms with Crippen LogP contribution in [0.3, 0.4) is 0 Å². The molecule has 5 nitrogen and oxygen atoms in total. The van der Waals surface area contributed by atoms with Gasteiger partial charge in [-0.2, -0.15) is 0 Å². The van der Waals surface area contributed by atoms with Crippen molar-refractivity contribution in [2.24, 2.45) is 0 Å². The van der Waals surface area contributed by atoms with Crippen molar-refractivity contribution in [1.82, 2.24) is 4.98 Å². The molecule has 1 aromatic heterocycles. The van der Waals surface area contributed by atoms with E-state index in [1.165, 1.54) is 12.1 Å². The predicted molar refractivity (Wildman–Crippen MR) is 69.3 cm³/mol. The molecule has 0 unspecified atom stereocenters. The van der Waals surface area contributed by atoms with Crippen molar-refractivity contribution in [3.05, 3.63) is 47.1 Å². The summed E-state index contributed by atoms with van der Waals surface area (Å²) in [4.78, 5) is 14.7. The third kappa shape index (κ3) is 3.14. The van der Waals surface area contributed by atoms with E-state index in [0.717, 1.165) is 0 Å². The lowest BCUT2D eigenvalue weighted by Crippen LogP contribution is -2.02. The molecule has 0 radical (unpaired) electrons. The molecular formula is C13H10ClNO4. The Labute approximate surface area is 114 Å². The van der Waals surface area contributed by atoms with Crippen LogP contribution in [0.2, 0.25) is 5.02 Å². The minimum Gasteiger partial charge on any atom is -0.497 e. The third-order valence-corrected chi connectivity index (χ3v) is 2.61. The number of aromatic carboxylic acids is 1. The monoisotopic (exact) mass is 279 g/mol. The fourth-order valence-electron chi connectivity index (χ4n) is 1.40. The van der Waals surface area contributed by atoms with Crippen LogP contribution in [0.25, 0.3) is 0 Å². The van der Waals surface area contributed by atoms with Gasteiger partial charge in [0.25, 0.3) is 0 Å². The van der Waals surface area contributed by atoms with Gasteiger partial charge in [-0.15, -0.1) is 0 Å². The van der Waals surface area contributed by atoms with Gasteiger partial charge in [-0.3, -0.25) is 0 Å². The number of nitrogens with zero attached hydrogens (tertiary/aromatic N) is 1. The van der Waals surface area contributed by atoms with E-state index in [1.54, 1.807) is 31.4 Å². The predicted octanol–water partition coefficient (Wildman–Crippen LogP) is 3.23. The van der Waals surface area contributed by atoms with E-state index in [0.29, 0.717) is 11.5 Å². The Morgan fingerprint density at radius 1 is 1.16 bits per heavy atom. The molecule has 0 aliphatic heterocycles. The molecule has 1 heterocycles. The lowest BCUT2D eigenvalue weighted by atomic mass is 10.3. The van der Waals surface area contributed by atoms with E-state index in [-0.39, 0.29) is 16.6 Å². The molecule has 0 saturated carbocycles. The molecule has 0 aliphatic rings. The zero-order valence-corrected chi connectivity index (χ0v) is 10.7. The lowest BCUT2D eigenvalue weighted by Gasteiger charge is -2.07. The standard InChI is InChI=1S/C13H10ClNO4/c1-18-8-2-4-9(5-3-8)19-11-7-6-10(14)12(15-11)13(16)17/h2-7H,1H3,(H,16,17). The first-order valence-electron chi connectivity index (χ1n) is 5.32. The molecule has 0 atom stereocenters. The van der Waals surface area contributed by atoms with Crippen molar-refractivity contribution in [3.8, 4) is 17.4 Å². The summed E-state index contributed by atoms with van der Waals surface area (Å²) >= 11 is 5.72. The number of carboxylic acids is 1. The van der Waals surface area contributed by atoms with Crippen molar-refractivity contribution >= 4 is 17.6 Å². The van der Waals surface area contributed by atoms with Gasteiger partial charge in [-0.1, -0.05) is 11.6 Å². The minimum absolute atomic E-state index is 0.0644. The topological polar surface area (TPSA) is 68.7 Å². The van der Waals surface area contributed by atoms with E-state index in [4.69, 9.17) is 26.2 Å². The van der Waals surface area contributed by atoms with Gasteiger partial charge in [-0.25, -0.2) is 9.78 Å². The average Bonchev–Trinajstić information content (AvgIpc) is 2.41. The quantitative estimate of drug-likeness (QED) is 0.930. The molecule has 2 aromatic rings. The Hall–Kier alpha value is -2.27. The number of carbonyl (C=O) groups is 1. The Balaban J connectivity index is 2.22. The van der Waals surface area contributed by atoms with Gasteiger partial charge in [0, 0.05) is 6.07 Å². The summed E-state index contributed by atoms with van der Waals surface area (Å²) in [6, 6.07) is 9.76. The maximum absolute atomic E-state index is 10.9. The molecule has 0 spiro atoms. The zero-order valence-electron chi connectivity index (χ0n) is 9.96. The number of aromatic nitrogens is 1. The van der Waals surface area contributed by atoms with Crippen LogP contribution >= 0.6 is 11.6 Å². The zero-order chi connectivity index (χ0) is 13.8. The van der Waals surface area contributed by atoms with Crippen LogP contribution < -0.4 is 9.47 Å². The van der Waals surface area contributed by atoms with Crippen molar-refractivity contribution in [2.75, 3.05) is 7.11 Å². The number of hydrogen-bond acceptors (Lipinski definition) is 4. The number of ether oxygens (including phenoxy) is 2. The summed E-state index contributed by atoms with van der Waals surface area (Å²) in [5.41, 5.74) is -0.243. The first-order chi connectivity index (χ1) is 9.10. The average molecular weight is 280 g/mol. The molecule has 6 heteroatoms. The Morgan fingerprint density at radius 3 is 2.37 bits per heavy atom. The van der Waals surface area contributed by atoms with Gasteiger partial charge in [0.2, 0.25) is 5.88 Å². The van der Waals surface area contributed by atoms with E-state index in [9.17, 15) is 4.79 Å². The van der Waals surface area contributed by atoms with Crippen LogP contribution in [0.4, 0.5) is 0 Å². The minimum atomic E-state index is -1.20. The molecule has 19 heavy (non-hydrogen) atoms. The van der Waals surface area contributed by atoms with Crippen molar-refractivity contribution < 1.29 is 19.4 Å². The van der Waals surface area contributed by atoms with Gasteiger partial charge >= 0.3 is 5.97 Å². The molecule has 0 saturated heterocycles. The maximum Gasteiger partial charge on any atom is 0.356 e. The van der Waals surface area contributed by atoms with Crippen LogP contribution in [-0.4, -0.2) is 23.2 Å². The molecule has 0 aliphatic carbocycles. The molecule has 0 amide bonds. The normalized spacial score (nSPS) is 10.0. The number of methoxy groups -OCH3 is 1. The molecule has 0 bridgehead atoms. The Kier molecular flexibility index (Phi) is 3.87. The number of halogens is 1. The van der Waals surface area contributed by atoms with Crippen LogP contribution in [0.5, 0.6) is 17.4 Å². The second kappa shape index (κ2) is 5.58. The number of carboxylic acid groups (broad SMARTS) is 1. The number of hydrogen-bond donors (Lipinski definition) is 1. The highest BCUT2D eigenvalue weighted by Gasteiger charge is 2.12. The van der Waals surface area contributed by atoms with E-state index < -0.39 is 5.97 Å². The highest BCUT2D eigenvalue weighted by molar-refractivity contribution is 6.33.